The van der Waals surface area contributed by atoms with Crippen molar-refractivity contribution in [2.45, 2.75) is 4.90 Å². The van der Waals surface area contributed by atoms with Crippen LogP contribution >= 0.6 is 11.6 Å². The van der Waals surface area contributed by atoms with E-state index in [-0.39, 0.29) is 21.4 Å². The topological polar surface area (TPSA) is 102 Å². The second-order valence-corrected chi connectivity index (χ2v) is 5.80. The van der Waals surface area contributed by atoms with Gasteiger partial charge in [-0.25, -0.2) is 13.4 Å². The molecule has 1 aromatic heterocycles. The molecule has 0 bridgehead atoms. The number of rotatable bonds is 4. The number of nitrogens with one attached hydrogen (secondary N) is 1. The summed E-state index contributed by atoms with van der Waals surface area (Å²) in [7, 11) is -3.93. The van der Waals surface area contributed by atoms with E-state index in [1.807, 2.05) is 0 Å². The van der Waals surface area contributed by atoms with Crippen LogP contribution < -0.4 is 4.72 Å². The fraction of sp³-hybridized carbons (Fsp3) is 0. The van der Waals surface area contributed by atoms with Crippen LogP contribution in [0.15, 0.2) is 47.5 Å². The summed E-state index contributed by atoms with van der Waals surface area (Å²) in [6.07, 6.45) is 1.34. The van der Waals surface area contributed by atoms with Gasteiger partial charge in [0, 0.05) is 18.3 Å². The summed E-state index contributed by atoms with van der Waals surface area (Å²) in [6, 6.07) is 7.50. The lowest BCUT2D eigenvalue weighted by atomic mass is 10.3. The zero-order chi connectivity index (χ0) is 14.8. The molecule has 2 aromatic rings. The molecule has 0 aliphatic carbocycles. The van der Waals surface area contributed by atoms with Gasteiger partial charge in [0.2, 0.25) is 0 Å². The average Bonchev–Trinajstić information content (AvgIpc) is 2.38. The largest absolute Gasteiger partial charge is 0.279 e. The summed E-state index contributed by atoms with van der Waals surface area (Å²) in [4.78, 5) is 13.5. The van der Waals surface area contributed by atoms with Gasteiger partial charge in [-0.3, -0.25) is 14.8 Å². The number of benzene rings is 1. The molecule has 0 radical (unpaired) electrons. The van der Waals surface area contributed by atoms with Gasteiger partial charge in [-0.2, -0.15) is 0 Å². The number of hydrogen-bond donors (Lipinski definition) is 1. The second kappa shape index (κ2) is 5.43. The number of nitro groups is 1. The SMILES string of the molecule is O=[N+]([O-])c1cccc(S(=O)(=O)Nc2ccnc(Cl)c2)c1. The van der Waals surface area contributed by atoms with Crippen LogP contribution in [0.1, 0.15) is 0 Å². The maximum atomic E-state index is 12.1. The fourth-order valence-electron chi connectivity index (χ4n) is 1.44. The number of halogens is 1. The molecule has 2 rings (SSSR count). The van der Waals surface area contributed by atoms with Crippen molar-refractivity contribution in [3.63, 3.8) is 0 Å². The molecular weight excluding hydrogens is 306 g/mol. The van der Waals surface area contributed by atoms with Crippen molar-refractivity contribution in [1.29, 1.82) is 0 Å². The number of anilines is 1. The van der Waals surface area contributed by atoms with Gasteiger partial charge in [0.15, 0.2) is 0 Å². The molecule has 0 unspecified atom stereocenters. The number of sulfonamides is 1. The van der Waals surface area contributed by atoms with Crippen LogP contribution in [-0.4, -0.2) is 18.3 Å². The highest BCUT2D eigenvalue weighted by atomic mass is 35.5. The fourth-order valence-corrected chi connectivity index (χ4v) is 2.71. The molecule has 0 aliphatic rings. The smallest absolute Gasteiger partial charge is 0.270 e. The van der Waals surface area contributed by atoms with E-state index < -0.39 is 14.9 Å². The Hall–Kier alpha value is -2.19. The Morgan fingerprint density at radius 1 is 1.25 bits per heavy atom. The monoisotopic (exact) mass is 313 g/mol. The molecule has 0 aliphatic heterocycles. The molecule has 0 spiro atoms. The standard InChI is InChI=1S/C11H8ClN3O4S/c12-11-6-8(4-5-13-11)14-20(18,19)10-3-1-2-9(7-10)15(16)17/h1-7H,(H,13,14). The van der Waals surface area contributed by atoms with E-state index in [2.05, 4.69) is 9.71 Å². The summed E-state index contributed by atoms with van der Waals surface area (Å²) in [5.74, 6) is 0. The van der Waals surface area contributed by atoms with E-state index in [0.717, 1.165) is 6.07 Å². The maximum Gasteiger partial charge on any atom is 0.270 e. The molecule has 7 nitrogen and oxygen atoms in total. The van der Waals surface area contributed by atoms with Gasteiger partial charge in [0.05, 0.1) is 15.5 Å². The molecule has 0 saturated heterocycles. The summed E-state index contributed by atoms with van der Waals surface area (Å²) in [6.45, 7) is 0. The van der Waals surface area contributed by atoms with Crippen molar-refractivity contribution in [3.05, 3.63) is 57.9 Å². The number of aromatic nitrogens is 1. The maximum absolute atomic E-state index is 12.1. The third kappa shape index (κ3) is 3.22. The lowest BCUT2D eigenvalue weighted by Gasteiger charge is -2.07. The quantitative estimate of drug-likeness (QED) is 0.530. The molecule has 20 heavy (non-hydrogen) atoms. The number of hydrogen-bond acceptors (Lipinski definition) is 5. The third-order valence-electron chi connectivity index (χ3n) is 2.32. The Kier molecular flexibility index (Phi) is 3.86. The molecule has 0 fully saturated rings. The van der Waals surface area contributed by atoms with Gasteiger partial charge < -0.3 is 0 Å². The molecule has 1 heterocycles. The molecule has 0 saturated carbocycles. The van der Waals surface area contributed by atoms with Gasteiger partial charge in [-0.15, -0.1) is 0 Å². The van der Waals surface area contributed by atoms with Crippen molar-refractivity contribution in [3.8, 4) is 0 Å². The van der Waals surface area contributed by atoms with Gasteiger partial charge >= 0.3 is 0 Å². The van der Waals surface area contributed by atoms with Crippen LogP contribution in [0.3, 0.4) is 0 Å². The second-order valence-electron chi connectivity index (χ2n) is 3.73. The van der Waals surface area contributed by atoms with Crippen LogP contribution in [0.5, 0.6) is 0 Å². The molecule has 1 aromatic carbocycles. The number of nitro benzene ring substituents is 1. The average molecular weight is 314 g/mol. The number of non-ortho nitro benzene ring substituents is 1. The summed E-state index contributed by atoms with van der Waals surface area (Å²) in [5.41, 5.74) is -0.0860. The van der Waals surface area contributed by atoms with Crippen LogP contribution in [0, 0.1) is 10.1 Å². The first kappa shape index (κ1) is 14.2. The highest BCUT2D eigenvalue weighted by Crippen LogP contribution is 2.21. The van der Waals surface area contributed by atoms with Gasteiger partial charge in [0.1, 0.15) is 5.15 Å². The van der Waals surface area contributed by atoms with E-state index in [4.69, 9.17) is 11.6 Å². The Balaban J connectivity index is 2.35. The predicted molar refractivity (Wildman–Crippen MR) is 73.2 cm³/mol. The number of nitrogens with zero attached hydrogens (tertiary/aromatic N) is 2. The minimum absolute atomic E-state index is 0.129. The Labute approximate surface area is 119 Å². The Morgan fingerprint density at radius 2 is 2.00 bits per heavy atom. The van der Waals surface area contributed by atoms with Crippen LogP contribution in [0.25, 0.3) is 0 Å². The van der Waals surface area contributed by atoms with Crippen molar-refractivity contribution in [2.75, 3.05) is 4.72 Å². The van der Waals surface area contributed by atoms with Crippen LogP contribution in [0.4, 0.5) is 11.4 Å². The van der Waals surface area contributed by atoms with Crippen LogP contribution in [-0.2, 0) is 10.0 Å². The molecular formula is C11H8ClN3O4S. The lowest BCUT2D eigenvalue weighted by molar-refractivity contribution is -0.385. The van der Waals surface area contributed by atoms with E-state index >= 15 is 0 Å². The highest BCUT2D eigenvalue weighted by molar-refractivity contribution is 7.92. The van der Waals surface area contributed by atoms with Gasteiger partial charge in [0.25, 0.3) is 15.7 Å². The highest BCUT2D eigenvalue weighted by Gasteiger charge is 2.17. The normalized spacial score (nSPS) is 11.1. The Morgan fingerprint density at radius 3 is 2.65 bits per heavy atom. The van der Waals surface area contributed by atoms with Gasteiger partial charge in [-0.1, -0.05) is 17.7 Å². The molecule has 1 N–H and O–H groups in total. The molecule has 0 atom stereocenters. The zero-order valence-corrected chi connectivity index (χ0v) is 11.4. The zero-order valence-electron chi connectivity index (χ0n) is 9.86. The molecule has 9 heteroatoms. The van der Waals surface area contributed by atoms with E-state index in [1.54, 1.807) is 0 Å². The minimum atomic E-state index is -3.93. The van der Waals surface area contributed by atoms with E-state index in [1.165, 1.54) is 36.5 Å². The van der Waals surface area contributed by atoms with Crippen molar-refractivity contribution in [1.82, 2.24) is 4.98 Å². The van der Waals surface area contributed by atoms with E-state index in [9.17, 15) is 18.5 Å². The Bertz CT molecular complexity index is 764. The molecule has 0 amide bonds. The first-order valence-corrected chi connectivity index (χ1v) is 7.13. The summed E-state index contributed by atoms with van der Waals surface area (Å²) in [5, 5.41) is 10.8. The van der Waals surface area contributed by atoms with E-state index in [0.29, 0.717) is 0 Å². The minimum Gasteiger partial charge on any atom is -0.279 e. The number of pyridine rings is 1. The van der Waals surface area contributed by atoms with Crippen molar-refractivity contribution >= 4 is 33.0 Å². The lowest BCUT2D eigenvalue weighted by Crippen LogP contribution is -2.13. The first-order chi connectivity index (χ1) is 9.38. The first-order valence-electron chi connectivity index (χ1n) is 5.27. The summed E-state index contributed by atoms with van der Waals surface area (Å²) < 4.78 is 26.4. The van der Waals surface area contributed by atoms with Crippen molar-refractivity contribution < 1.29 is 13.3 Å². The predicted octanol–water partition coefficient (Wildman–Crippen LogP) is 2.44. The summed E-state index contributed by atoms with van der Waals surface area (Å²) >= 11 is 5.65. The van der Waals surface area contributed by atoms with Crippen molar-refractivity contribution in [2.24, 2.45) is 0 Å². The van der Waals surface area contributed by atoms with Gasteiger partial charge in [-0.05, 0) is 18.2 Å². The van der Waals surface area contributed by atoms with Crippen LogP contribution in [0.2, 0.25) is 5.15 Å². The molecule has 104 valence electrons. The third-order valence-corrected chi connectivity index (χ3v) is 3.90.